The van der Waals surface area contributed by atoms with Crippen LogP contribution in [0.2, 0.25) is 0 Å². The lowest BCUT2D eigenvalue weighted by molar-refractivity contribution is -0.116. The lowest BCUT2D eigenvalue weighted by Crippen LogP contribution is -2.21. The van der Waals surface area contributed by atoms with Crippen LogP contribution in [0.3, 0.4) is 0 Å². The van der Waals surface area contributed by atoms with Crippen molar-refractivity contribution in [2.45, 2.75) is 58.3 Å². The van der Waals surface area contributed by atoms with Gasteiger partial charge in [-0.25, -0.2) is 0 Å². The van der Waals surface area contributed by atoms with Gasteiger partial charge in [-0.15, -0.1) is 0 Å². The Kier molecular flexibility index (Phi) is 11.8. The number of unbranched alkanes of at least 4 members (excludes halogenated alkanes) is 7. The highest BCUT2D eigenvalue weighted by Gasteiger charge is 2.12. The first-order valence-corrected chi connectivity index (χ1v) is 9.92. The van der Waals surface area contributed by atoms with Gasteiger partial charge in [0.15, 0.2) is 11.5 Å². The maximum Gasteiger partial charge on any atom is 0.243 e. The Bertz CT molecular complexity index is 559. The summed E-state index contributed by atoms with van der Waals surface area (Å²) in [5, 5.41) is 2.93. The Hall–Kier alpha value is -2.17. The summed E-state index contributed by atoms with van der Waals surface area (Å²) < 4.78 is 15.9. The molecule has 5 heteroatoms. The van der Waals surface area contributed by atoms with Crippen LogP contribution < -0.4 is 19.5 Å². The highest BCUT2D eigenvalue weighted by molar-refractivity contribution is 5.91. The van der Waals surface area contributed by atoms with E-state index in [-0.39, 0.29) is 5.91 Å². The smallest absolute Gasteiger partial charge is 0.243 e. The molecule has 1 N–H and O–H groups in total. The van der Waals surface area contributed by atoms with E-state index in [2.05, 4.69) is 12.2 Å². The van der Waals surface area contributed by atoms with Crippen molar-refractivity contribution in [2.24, 2.45) is 0 Å². The molecule has 0 fully saturated rings. The van der Waals surface area contributed by atoms with Crippen molar-refractivity contribution < 1.29 is 19.0 Å². The van der Waals surface area contributed by atoms with Crippen molar-refractivity contribution in [3.8, 4) is 17.2 Å². The lowest BCUT2D eigenvalue weighted by Gasteiger charge is -2.12. The van der Waals surface area contributed by atoms with Crippen molar-refractivity contribution in [3.05, 3.63) is 23.8 Å². The van der Waals surface area contributed by atoms with Gasteiger partial charge in [-0.05, 0) is 30.2 Å². The van der Waals surface area contributed by atoms with Crippen molar-refractivity contribution in [2.75, 3.05) is 27.9 Å². The molecule has 1 rings (SSSR count). The molecule has 0 heterocycles. The predicted molar refractivity (Wildman–Crippen MR) is 111 cm³/mol. The second-order valence-electron chi connectivity index (χ2n) is 6.56. The summed E-state index contributed by atoms with van der Waals surface area (Å²) in [6.07, 6.45) is 13.3. The molecule has 0 aliphatic rings. The number of hydrogen-bond donors (Lipinski definition) is 1. The summed E-state index contributed by atoms with van der Waals surface area (Å²) in [7, 11) is 4.71. The van der Waals surface area contributed by atoms with Gasteiger partial charge in [0, 0.05) is 12.6 Å². The zero-order valence-corrected chi connectivity index (χ0v) is 17.3. The summed E-state index contributed by atoms with van der Waals surface area (Å²) in [5.41, 5.74) is 0.812. The summed E-state index contributed by atoms with van der Waals surface area (Å²) in [4.78, 5) is 12.0. The molecule has 0 saturated heterocycles. The van der Waals surface area contributed by atoms with E-state index in [4.69, 9.17) is 14.2 Å². The van der Waals surface area contributed by atoms with Crippen LogP contribution in [0, 0.1) is 0 Å². The maximum atomic E-state index is 12.0. The number of rotatable bonds is 14. The van der Waals surface area contributed by atoms with Gasteiger partial charge in [0.1, 0.15) is 0 Å². The fourth-order valence-corrected chi connectivity index (χ4v) is 2.90. The quantitative estimate of drug-likeness (QED) is 0.367. The molecule has 0 aliphatic heterocycles. The number of hydrogen-bond acceptors (Lipinski definition) is 4. The Morgan fingerprint density at radius 3 is 1.96 bits per heavy atom. The SMILES string of the molecule is CCCCCCCCCCNC(=O)C=Cc1cc(OC)c(OC)c(OC)c1. The van der Waals surface area contributed by atoms with Crippen LogP contribution in [0.1, 0.15) is 63.9 Å². The van der Waals surface area contributed by atoms with Crippen LogP contribution in [-0.2, 0) is 4.79 Å². The van der Waals surface area contributed by atoms with E-state index >= 15 is 0 Å². The molecule has 1 aromatic carbocycles. The Balaban J connectivity index is 2.37. The summed E-state index contributed by atoms with van der Waals surface area (Å²) >= 11 is 0. The number of ether oxygens (including phenoxy) is 3. The van der Waals surface area contributed by atoms with Gasteiger partial charge < -0.3 is 19.5 Å². The molecule has 1 amide bonds. The average molecular weight is 378 g/mol. The Morgan fingerprint density at radius 1 is 0.889 bits per heavy atom. The van der Waals surface area contributed by atoms with Gasteiger partial charge in [-0.1, -0.05) is 51.9 Å². The molecule has 0 atom stereocenters. The minimum absolute atomic E-state index is 0.0910. The van der Waals surface area contributed by atoms with E-state index in [1.807, 2.05) is 12.1 Å². The van der Waals surface area contributed by atoms with Gasteiger partial charge >= 0.3 is 0 Å². The zero-order valence-electron chi connectivity index (χ0n) is 17.3. The van der Waals surface area contributed by atoms with E-state index in [0.29, 0.717) is 23.8 Å². The van der Waals surface area contributed by atoms with E-state index in [0.717, 1.165) is 12.0 Å². The minimum Gasteiger partial charge on any atom is -0.493 e. The van der Waals surface area contributed by atoms with Crippen LogP contribution in [0.5, 0.6) is 17.2 Å². The fraction of sp³-hybridized carbons (Fsp3) is 0.591. The molecule has 0 saturated carbocycles. The van der Waals surface area contributed by atoms with Crippen molar-refractivity contribution in [1.82, 2.24) is 5.32 Å². The van der Waals surface area contributed by atoms with Crippen molar-refractivity contribution in [3.63, 3.8) is 0 Å². The molecular formula is C22H35NO4. The predicted octanol–water partition coefficient (Wildman–Crippen LogP) is 4.98. The van der Waals surface area contributed by atoms with E-state index in [1.54, 1.807) is 27.4 Å². The highest BCUT2D eigenvalue weighted by atomic mass is 16.5. The van der Waals surface area contributed by atoms with E-state index < -0.39 is 0 Å². The zero-order chi connectivity index (χ0) is 19.9. The number of amides is 1. The Morgan fingerprint density at radius 2 is 1.44 bits per heavy atom. The van der Waals surface area contributed by atoms with Crippen molar-refractivity contribution >= 4 is 12.0 Å². The lowest BCUT2D eigenvalue weighted by atomic mass is 10.1. The first-order valence-electron chi connectivity index (χ1n) is 9.92. The monoisotopic (exact) mass is 377 g/mol. The second kappa shape index (κ2) is 14.0. The molecule has 0 unspecified atom stereocenters. The molecule has 0 spiro atoms. The molecule has 0 aromatic heterocycles. The molecule has 27 heavy (non-hydrogen) atoms. The van der Waals surface area contributed by atoms with Gasteiger partial charge in [0.25, 0.3) is 0 Å². The van der Waals surface area contributed by atoms with Gasteiger partial charge in [0.05, 0.1) is 21.3 Å². The van der Waals surface area contributed by atoms with Crippen LogP contribution in [0.25, 0.3) is 6.08 Å². The number of carbonyl (C=O) groups is 1. The Labute approximate surface area is 164 Å². The summed E-state index contributed by atoms with van der Waals surface area (Å²) in [5.74, 6) is 1.58. The van der Waals surface area contributed by atoms with Gasteiger partial charge in [0.2, 0.25) is 11.7 Å². The largest absolute Gasteiger partial charge is 0.493 e. The molecule has 0 radical (unpaired) electrons. The topological polar surface area (TPSA) is 56.8 Å². The average Bonchev–Trinajstić information content (AvgIpc) is 2.69. The second-order valence-corrected chi connectivity index (χ2v) is 6.56. The van der Waals surface area contributed by atoms with Crippen LogP contribution in [-0.4, -0.2) is 33.8 Å². The third-order valence-corrected chi connectivity index (χ3v) is 4.44. The first kappa shape index (κ1) is 22.9. The molecular weight excluding hydrogens is 342 g/mol. The number of methoxy groups -OCH3 is 3. The molecule has 5 nitrogen and oxygen atoms in total. The summed E-state index contributed by atoms with van der Waals surface area (Å²) in [6, 6.07) is 3.62. The van der Waals surface area contributed by atoms with Gasteiger partial charge in [-0.2, -0.15) is 0 Å². The van der Waals surface area contributed by atoms with Crippen LogP contribution in [0.15, 0.2) is 18.2 Å². The number of nitrogens with one attached hydrogen (secondary N) is 1. The third kappa shape index (κ3) is 8.85. The third-order valence-electron chi connectivity index (χ3n) is 4.44. The number of carbonyl (C=O) groups excluding carboxylic acids is 1. The van der Waals surface area contributed by atoms with E-state index in [1.165, 1.54) is 51.0 Å². The summed E-state index contributed by atoms with van der Waals surface area (Å²) in [6.45, 7) is 2.95. The normalized spacial score (nSPS) is 10.8. The standard InChI is InChI=1S/C22H35NO4/c1-5-6-7-8-9-10-11-12-15-23-21(24)14-13-18-16-19(25-2)22(27-4)20(17-18)26-3/h13-14,16-17H,5-12,15H2,1-4H3,(H,23,24). The first-order chi connectivity index (χ1) is 13.2. The molecule has 0 bridgehead atoms. The van der Waals surface area contributed by atoms with E-state index in [9.17, 15) is 4.79 Å². The molecule has 1 aromatic rings. The molecule has 0 aliphatic carbocycles. The highest BCUT2D eigenvalue weighted by Crippen LogP contribution is 2.38. The maximum absolute atomic E-state index is 12.0. The number of benzene rings is 1. The minimum atomic E-state index is -0.0910. The van der Waals surface area contributed by atoms with Crippen LogP contribution in [0.4, 0.5) is 0 Å². The van der Waals surface area contributed by atoms with Crippen molar-refractivity contribution in [1.29, 1.82) is 0 Å². The fourth-order valence-electron chi connectivity index (χ4n) is 2.90. The van der Waals surface area contributed by atoms with Gasteiger partial charge in [-0.3, -0.25) is 4.79 Å². The molecule has 152 valence electrons. The van der Waals surface area contributed by atoms with Crippen LogP contribution >= 0.6 is 0 Å².